The number of benzene rings is 2. The summed E-state index contributed by atoms with van der Waals surface area (Å²) >= 11 is 6.92. The predicted molar refractivity (Wildman–Crippen MR) is 162 cm³/mol. The Kier molecular flexibility index (Phi) is 10.8. The molecule has 0 unspecified atom stereocenters. The summed E-state index contributed by atoms with van der Waals surface area (Å²) in [4.78, 5) is 22.4. The topological polar surface area (TPSA) is 128 Å². The number of carboxylic acids is 1. The van der Waals surface area contributed by atoms with Crippen molar-refractivity contribution < 1.29 is 14.7 Å². The monoisotopic (exact) mass is 672 g/mol. The molecule has 0 aliphatic heterocycles. The van der Waals surface area contributed by atoms with Crippen LogP contribution in [0.3, 0.4) is 0 Å². The number of halogens is 2. The third-order valence-electron chi connectivity index (χ3n) is 6.81. The molecule has 2 aromatic carbocycles. The Morgan fingerprint density at radius 2 is 1.40 bits per heavy atom. The summed E-state index contributed by atoms with van der Waals surface area (Å²) in [7, 11) is 3.36. The Bertz CT molecular complexity index is 1480. The van der Waals surface area contributed by atoms with E-state index < -0.39 is 5.97 Å². The fraction of sp³-hybridized carbons (Fsp3) is 0.310. The number of nitrogens with one attached hydrogen (secondary N) is 1. The molecule has 4 aromatic rings. The van der Waals surface area contributed by atoms with Crippen LogP contribution in [-0.2, 0) is 26.9 Å². The smallest absolute Gasteiger partial charge is 0.354 e. The first kappa shape index (κ1) is 31.3. The van der Waals surface area contributed by atoms with Crippen LogP contribution in [0.2, 0.25) is 0 Å². The van der Waals surface area contributed by atoms with Crippen LogP contribution in [-0.4, -0.2) is 36.5 Å². The van der Waals surface area contributed by atoms with E-state index in [-0.39, 0.29) is 31.1 Å². The van der Waals surface area contributed by atoms with Crippen molar-refractivity contribution in [1.29, 1.82) is 0 Å². The normalized spacial score (nSPS) is 16.3. The van der Waals surface area contributed by atoms with E-state index >= 15 is 0 Å². The number of nitrogens with zero attached hydrogens (tertiary/aromatic N) is 4. The van der Waals surface area contributed by atoms with Crippen molar-refractivity contribution >= 4 is 43.7 Å². The van der Waals surface area contributed by atoms with Crippen LogP contribution in [0.25, 0.3) is 0 Å². The highest BCUT2D eigenvalue weighted by Crippen LogP contribution is 2.33. The highest BCUT2D eigenvalue weighted by molar-refractivity contribution is 9.10. The average Bonchev–Trinajstić information content (AvgIpc) is 3.68. The lowest BCUT2D eigenvalue weighted by Crippen LogP contribution is -2.28. The largest absolute Gasteiger partial charge is 0.477 e. The molecule has 2 aliphatic carbocycles. The van der Waals surface area contributed by atoms with E-state index in [1.807, 2.05) is 6.07 Å². The molecule has 0 spiro atoms. The minimum atomic E-state index is -0.949. The first-order valence-corrected chi connectivity index (χ1v) is 14.0. The summed E-state index contributed by atoms with van der Waals surface area (Å²) in [5.74, 6) is -1.02. The highest BCUT2D eigenvalue weighted by atomic mass is 79.9. The van der Waals surface area contributed by atoms with Gasteiger partial charge in [0.15, 0.2) is 0 Å². The SMILES string of the molecule is C.Cn1nccc1C(=O)N[C@@H]1CCc2cc(Br)ccc21.Cn1nccc1C(=O)O.N[C@@H]1CCc2cc(Br)ccc21. The van der Waals surface area contributed by atoms with Gasteiger partial charge in [0.05, 0.1) is 6.04 Å². The molecule has 1 amide bonds. The number of carbonyl (C=O) groups excluding carboxylic acids is 1. The number of hydrogen-bond acceptors (Lipinski definition) is 5. The molecule has 0 saturated heterocycles. The third-order valence-corrected chi connectivity index (χ3v) is 7.80. The maximum Gasteiger partial charge on any atom is 0.354 e. The van der Waals surface area contributed by atoms with E-state index in [2.05, 4.69) is 77.7 Å². The van der Waals surface area contributed by atoms with Crippen molar-refractivity contribution in [3.8, 4) is 0 Å². The number of rotatable bonds is 3. The van der Waals surface area contributed by atoms with Gasteiger partial charge in [0.2, 0.25) is 0 Å². The molecule has 212 valence electrons. The lowest BCUT2D eigenvalue weighted by Gasteiger charge is -2.14. The molecule has 0 radical (unpaired) electrons. The molecule has 2 aliphatic rings. The van der Waals surface area contributed by atoms with Gasteiger partial charge in [-0.15, -0.1) is 0 Å². The number of hydrogen-bond donors (Lipinski definition) is 3. The third kappa shape index (κ3) is 7.47. The average molecular weight is 674 g/mol. The van der Waals surface area contributed by atoms with E-state index in [1.54, 1.807) is 31.0 Å². The van der Waals surface area contributed by atoms with Crippen LogP contribution in [0.4, 0.5) is 0 Å². The molecule has 0 fully saturated rings. The van der Waals surface area contributed by atoms with Gasteiger partial charge in [0.1, 0.15) is 11.4 Å². The molecule has 4 N–H and O–H groups in total. The molecule has 0 saturated carbocycles. The summed E-state index contributed by atoms with van der Waals surface area (Å²) in [6.45, 7) is 0. The first-order chi connectivity index (χ1) is 18.6. The molecule has 9 nitrogen and oxygen atoms in total. The quantitative estimate of drug-likeness (QED) is 0.254. The minimum Gasteiger partial charge on any atom is -0.477 e. The molecule has 2 aromatic heterocycles. The molecule has 11 heteroatoms. The van der Waals surface area contributed by atoms with Crippen LogP contribution < -0.4 is 11.1 Å². The Balaban J connectivity index is 0.000000179. The summed E-state index contributed by atoms with van der Waals surface area (Å²) in [6.07, 6.45) is 7.28. The number of aromatic nitrogens is 4. The Morgan fingerprint density at radius 1 is 0.875 bits per heavy atom. The fourth-order valence-electron chi connectivity index (χ4n) is 4.77. The predicted octanol–water partition coefficient (Wildman–Crippen LogP) is 5.75. The maximum absolute atomic E-state index is 12.2. The second-order valence-electron chi connectivity index (χ2n) is 9.38. The van der Waals surface area contributed by atoms with Crippen LogP contribution in [0.5, 0.6) is 0 Å². The van der Waals surface area contributed by atoms with Gasteiger partial charge in [-0.1, -0.05) is 51.4 Å². The summed E-state index contributed by atoms with van der Waals surface area (Å²) < 4.78 is 5.14. The second-order valence-corrected chi connectivity index (χ2v) is 11.2. The van der Waals surface area contributed by atoms with Crippen molar-refractivity contribution in [2.24, 2.45) is 19.8 Å². The van der Waals surface area contributed by atoms with Crippen molar-refractivity contribution in [3.05, 3.63) is 104 Å². The Morgan fingerprint density at radius 3 is 1.93 bits per heavy atom. The van der Waals surface area contributed by atoms with Gasteiger partial charge in [-0.25, -0.2) is 4.79 Å². The number of aryl methyl sites for hydroxylation is 4. The van der Waals surface area contributed by atoms with Crippen LogP contribution in [0.1, 0.15) is 75.6 Å². The minimum absolute atomic E-state index is 0. The molecular formula is C29H34Br2N6O3. The van der Waals surface area contributed by atoms with Crippen molar-refractivity contribution in [3.63, 3.8) is 0 Å². The van der Waals surface area contributed by atoms with Gasteiger partial charge in [0, 0.05) is 41.5 Å². The van der Waals surface area contributed by atoms with Crippen LogP contribution >= 0.6 is 31.9 Å². The zero-order chi connectivity index (χ0) is 28.1. The molecule has 0 bridgehead atoms. The number of amides is 1. The van der Waals surface area contributed by atoms with Crippen LogP contribution in [0.15, 0.2) is 69.9 Å². The van der Waals surface area contributed by atoms with Gasteiger partial charge >= 0.3 is 5.97 Å². The molecule has 2 heterocycles. The molecule has 2 atom stereocenters. The Hall–Kier alpha value is -3.28. The zero-order valence-corrected chi connectivity index (χ0v) is 24.8. The van der Waals surface area contributed by atoms with E-state index in [4.69, 9.17) is 10.8 Å². The van der Waals surface area contributed by atoms with Gasteiger partial charge in [-0.3, -0.25) is 14.2 Å². The maximum atomic E-state index is 12.2. The number of fused-ring (bicyclic) bond motifs is 2. The lowest BCUT2D eigenvalue weighted by molar-refractivity contribution is 0.0684. The summed E-state index contributed by atoms with van der Waals surface area (Å²) in [6, 6.07) is 16.1. The van der Waals surface area contributed by atoms with E-state index in [9.17, 15) is 9.59 Å². The summed E-state index contributed by atoms with van der Waals surface area (Å²) in [5, 5.41) is 19.2. The molecule has 6 rings (SSSR count). The number of nitrogens with two attached hydrogens (primary N) is 1. The summed E-state index contributed by atoms with van der Waals surface area (Å²) in [5.41, 5.74) is 11.9. The molecule has 40 heavy (non-hydrogen) atoms. The Labute approximate surface area is 251 Å². The number of carbonyl (C=O) groups is 2. The van der Waals surface area contributed by atoms with E-state index in [1.165, 1.54) is 39.2 Å². The van der Waals surface area contributed by atoms with E-state index in [0.717, 1.165) is 34.6 Å². The zero-order valence-electron chi connectivity index (χ0n) is 21.6. The fourth-order valence-corrected chi connectivity index (χ4v) is 5.58. The van der Waals surface area contributed by atoms with Gasteiger partial charge in [0.25, 0.3) is 5.91 Å². The van der Waals surface area contributed by atoms with Crippen molar-refractivity contribution in [2.75, 3.05) is 0 Å². The molecular weight excluding hydrogens is 640 g/mol. The number of carboxylic acid groups (broad SMARTS) is 1. The van der Waals surface area contributed by atoms with Gasteiger partial charge < -0.3 is 16.2 Å². The number of aromatic carboxylic acids is 1. The highest BCUT2D eigenvalue weighted by Gasteiger charge is 2.25. The standard InChI is InChI=1S/C14H14BrN3O.C9H10BrN.C5H6N2O2.CH4/c1-18-13(6-7-16-18)14(19)17-12-5-2-9-8-10(15)3-4-11(9)12;10-7-2-3-8-6(5-7)1-4-9(8)11;1-7-4(5(8)9)2-3-6-7;/h3-4,6-8,12H,2,5H2,1H3,(H,17,19);2-3,5,9H,1,4,11H2;2-3H,1H3,(H,8,9);1H4/t12-;9-;;/m11../s1. The van der Waals surface area contributed by atoms with Crippen LogP contribution in [0, 0.1) is 0 Å². The van der Waals surface area contributed by atoms with Crippen molar-refractivity contribution in [1.82, 2.24) is 24.9 Å². The van der Waals surface area contributed by atoms with Crippen molar-refractivity contribution in [2.45, 2.75) is 45.2 Å². The second kappa shape index (κ2) is 13.9. The van der Waals surface area contributed by atoms with Gasteiger partial charge in [-0.05, 0) is 84.3 Å². The van der Waals surface area contributed by atoms with Gasteiger partial charge in [-0.2, -0.15) is 10.2 Å². The first-order valence-electron chi connectivity index (χ1n) is 12.5. The lowest BCUT2D eigenvalue weighted by atomic mass is 10.1. The van der Waals surface area contributed by atoms with E-state index in [0.29, 0.717) is 5.69 Å².